The summed E-state index contributed by atoms with van der Waals surface area (Å²) in [4.78, 5) is 43.5. The van der Waals surface area contributed by atoms with Gasteiger partial charge < -0.3 is 4.90 Å². The standard InChI is InChI=1S/C21H27ClN2O3S/c1-4-23(12-14-9-10-18(22)28-14)21(27)17(11-13(2)3)24-19(25)15-7-5-6-8-16(15)20(24)26/h5-6,9-10,13,15-17H,4,7-8,11-12H2,1-3H3/t15-,16-,17-/m0/s1. The largest absolute Gasteiger partial charge is 0.336 e. The van der Waals surface area contributed by atoms with E-state index in [0.29, 0.717) is 36.7 Å². The summed E-state index contributed by atoms with van der Waals surface area (Å²) in [6.45, 7) is 6.88. The molecule has 3 amide bonds. The molecule has 2 heterocycles. The second-order valence-corrected chi connectivity index (χ2v) is 9.71. The van der Waals surface area contributed by atoms with E-state index in [4.69, 9.17) is 11.6 Å². The van der Waals surface area contributed by atoms with Crippen LogP contribution in [0.15, 0.2) is 24.3 Å². The zero-order valence-electron chi connectivity index (χ0n) is 16.6. The van der Waals surface area contributed by atoms with E-state index < -0.39 is 6.04 Å². The third kappa shape index (κ3) is 4.18. The number of hydrogen-bond acceptors (Lipinski definition) is 4. The van der Waals surface area contributed by atoms with E-state index in [1.807, 2.05) is 45.1 Å². The molecule has 1 saturated heterocycles. The predicted molar refractivity (Wildman–Crippen MR) is 111 cm³/mol. The molecule has 0 bridgehead atoms. The molecule has 0 unspecified atom stereocenters. The maximum Gasteiger partial charge on any atom is 0.246 e. The van der Waals surface area contributed by atoms with Crippen molar-refractivity contribution in [2.45, 2.75) is 52.6 Å². The number of amides is 3. The molecule has 5 nitrogen and oxygen atoms in total. The second-order valence-electron chi connectivity index (χ2n) is 7.91. The van der Waals surface area contributed by atoms with Gasteiger partial charge in [-0.1, -0.05) is 37.6 Å². The minimum absolute atomic E-state index is 0.158. The van der Waals surface area contributed by atoms with E-state index in [-0.39, 0.29) is 35.5 Å². The van der Waals surface area contributed by atoms with Crippen molar-refractivity contribution >= 4 is 40.7 Å². The van der Waals surface area contributed by atoms with Crippen molar-refractivity contribution < 1.29 is 14.4 Å². The Kier molecular flexibility index (Phi) is 6.61. The number of imide groups is 1. The van der Waals surface area contributed by atoms with Crippen LogP contribution in [0.5, 0.6) is 0 Å². The summed E-state index contributed by atoms with van der Waals surface area (Å²) in [7, 11) is 0. The highest BCUT2D eigenvalue weighted by molar-refractivity contribution is 7.16. The number of carbonyl (C=O) groups is 3. The summed E-state index contributed by atoms with van der Waals surface area (Å²) < 4.78 is 0.679. The predicted octanol–water partition coefficient (Wildman–Crippen LogP) is 4.12. The van der Waals surface area contributed by atoms with Gasteiger partial charge in [0.1, 0.15) is 6.04 Å². The molecule has 152 valence electrons. The van der Waals surface area contributed by atoms with Crippen molar-refractivity contribution in [3.05, 3.63) is 33.5 Å². The molecule has 0 N–H and O–H groups in total. The first-order valence-electron chi connectivity index (χ1n) is 9.88. The summed E-state index contributed by atoms with van der Waals surface area (Å²) in [5.41, 5.74) is 0. The molecular weight excluding hydrogens is 396 g/mol. The van der Waals surface area contributed by atoms with E-state index in [9.17, 15) is 14.4 Å². The minimum atomic E-state index is -0.735. The van der Waals surface area contributed by atoms with Crippen molar-refractivity contribution in [1.29, 1.82) is 0 Å². The van der Waals surface area contributed by atoms with Gasteiger partial charge in [-0.3, -0.25) is 19.3 Å². The van der Waals surface area contributed by atoms with Gasteiger partial charge >= 0.3 is 0 Å². The third-order valence-corrected chi connectivity index (χ3v) is 6.72. The molecule has 0 saturated carbocycles. The second kappa shape index (κ2) is 8.78. The minimum Gasteiger partial charge on any atom is -0.336 e. The number of hydrogen-bond donors (Lipinski definition) is 0. The average molecular weight is 423 g/mol. The molecule has 7 heteroatoms. The van der Waals surface area contributed by atoms with Gasteiger partial charge in [-0.25, -0.2) is 0 Å². The summed E-state index contributed by atoms with van der Waals surface area (Å²) >= 11 is 7.46. The van der Waals surface area contributed by atoms with Gasteiger partial charge in [0, 0.05) is 11.4 Å². The Labute approximate surface area is 175 Å². The number of halogens is 1. The first-order valence-corrected chi connectivity index (χ1v) is 11.1. The number of fused-ring (bicyclic) bond motifs is 1. The van der Waals surface area contributed by atoms with E-state index in [1.165, 1.54) is 16.2 Å². The van der Waals surface area contributed by atoms with E-state index in [0.717, 1.165) is 4.88 Å². The number of allylic oxidation sites excluding steroid dienone is 2. The number of rotatable bonds is 7. The third-order valence-electron chi connectivity index (χ3n) is 5.50. The fourth-order valence-electron chi connectivity index (χ4n) is 4.08. The highest BCUT2D eigenvalue weighted by atomic mass is 35.5. The van der Waals surface area contributed by atoms with Crippen molar-refractivity contribution in [2.75, 3.05) is 6.54 Å². The molecule has 1 aromatic rings. The van der Waals surface area contributed by atoms with Crippen LogP contribution < -0.4 is 0 Å². The van der Waals surface area contributed by atoms with Crippen LogP contribution in [0.1, 0.15) is 44.9 Å². The van der Waals surface area contributed by atoms with E-state index in [1.54, 1.807) is 4.90 Å². The summed E-state index contributed by atoms with van der Waals surface area (Å²) in [5.74, 6) is -0.973. The smallest absolute Gasteiger partial charge is 0.246 e. The van der Waals surface area contributed by atoms with Crippen molar-refractivity contribution in [1.82, 2.24) is 9.80 Å². The topological polar surface area (TPSA) is 57.7 Å². The lowest BCUT2D eigenvalue weighted by molar-refractivity contribution is -0.152. The van der Waals surface area contributed by atoms with Gasteiger partial charge in [0.2, 0.25) is 17.7 Å². The zero-order valence-corrected chi connectivity index (χ0v) is 18.1. The molecule has 28 heavy (non-hydrogen) atoms. The number of carbonyl (C=O) groups excluding carboxylic acids is 3. The lowest BCUT2D eigenvalue weighted by Crippen LogP contribution is -2.51. The maximum absolute atomic E-state index is 13.4. The Balaban J connectivity index is 1.85. The summed E-state index contributed by atoms with van der Waals surface area (Å²) in [6, 6.07) is 2.99. The molecule has 1 aliphatic carbocycles. The highest BCUT2D eigenvalue weighted by Gasteiger charge is 2.51. The van der Waals surface area contributed by atoms with Gasteiger partial charge in [0.05, 0.1) is 22.7 Å². The van der Waals surface area contributed by atoms with Crippen molar-refractivity contribution in [2.24, 2.45) is 17.8 Å². The van der Waals surface area contributed by atoms with E-state index in [2.05, 4.69) is 0 Å². The molecule has 1 aromatic heterocycles. The number of likely N-dealkylation sites (N-methyl/N-ethyl adjacent to an activating group) is 1. The van der Waals surface area contributed by atoms with E-state index >= 15 is 0 Å². The van der Waals surface area contributed by atoms with Crippen LogP contribution in [0, 0.1) is 17.8 Å². The molecule has 0 aromatic carbocycles. The molecule has 2 aliphatic rings. The molecule has 0 radical (unpaired) electrons. The number of nitrogens with zero attached hydrogens (tertiary/aromatic N) is 2. The Morgan fingerprint density at radius 3 is 2.29 bits per heavy atom. The Morgan fingerprint density at radius 1 is 1.21 bits per heavy atom. The van der Waals surface area contributed by atoms with Crippen LogP contribution in [-0.2, 0) is 20.9 Å². The van der Waals surface area contributed by atoms with Gasteiger partial charge in [-0.05, 0) is 44.2 Å². The highest BCUT2D eigenvalue weighted by Crippen LogP contribution is 2.37. The average Bonchev–Trinajstić information content (AvgIpc) is 3.19. The summed E-state index contributed by atoms with van der Waals surface area (Å²) in [5, 5.41) is 0. The SMILES string of the molecule is CCN(Cc1ccc(Cl)s1)C(=O)[C@H](CC(C)C)N1C(=O)[C@H]2CC=CC[C@@H]2C1=O. The Morgan fingerprint density at radius 2 is 1.82 bits per heavy atom. The zero-order chi connectivity index (χ0) is 20.4. The Bertz CT molecular complexity index is 762. The number of thiophene rings is 1. The quantitative estimate of drug-likeness (QED) is 0.490. The fraction of sp³-hybridized carbons (Fsp3) is 0.571. The van der Waals surface area contributed by atoms with Crippen LogP contribution >= 0.6 is 22.9 Å². The molecular formula is C21H27ClN2O3S. The molecule has 3 rings (SSSR count). The van der Waals surface area contributed by atoms with Crippen LogP contribution in [0.4, 0.5) is 0 Å². The Hall–Kier alpha value is -1.66. The first kappa shape index (κ1) is 21.1. The molecule has 0 spiro atoms. The molecule has 3 atom stereocenters. The molecule has 1 aliphatic heterocycles. The summed E-state index contributed by atoms with van der Waals surface area (Å²) in [6.07, 6.45) is 5.58. The molecule has 1 fully saturated rings. The number of likely N-dealkylation sites (tertiary alicyclic amines) is 1. The van der Waals surface area contributed by atoms with Crippen LogP contribution in [-0.4, -0.2) is 40.1 Å². The monoisotopic (exact) mass is 422 g/mol. The van der Waals surface area contributed by atoms with Gasteiger partial charge in [0.15, 0.2) is 0 Å². The van der Waals surface area contributed by atoms with Gasteiger partial charge in [0.25, 0.3) is 0 Å². The first-order chi connectivity index (χ1) is 13.3. The van der Waals surface area contributed by atoms with Crippen LogP contribution in [0.2, 0.25) is 4.34 Å². The lowest BCUT2D eigenvalue weighted by Gasteiger charge is -2.32. The van der Waals surface area contributed by atoms with Crippen molar-refractivity contribution in [3.63, 3.8) is 0 Å². The van der Waals surface area contributed by atoms with Gasteiger partial charge in [-0.2, -0.15) is 0 Å². The normalized spacial score (nSPS) is 22.7. The lowest BCUT2D eigenvalue weighted by atomic mass is 9.85. The van der Waals surface area contributed by atoms with Gasteiger partial charge in [-0.15, -0.1) is 11.3 Å². The van der Waals surface area contributed by atoms with Crippen LogP contribution in [0.3, 0.4) is 0 Å². The van der Waals surface area contributed by atoms with Crippen LogP contribution in [0.25, 0.3) is 0 Å². The fourth-order valence-corrected chi connectivity index (χ4v) is 5.18. The van der Waals surface area contributed by atoms with Crippen molar-refractivity contribution in [3.8, 4) is 0 Å². The maximum atomic E-state index is 13.4.